The normalized spacial score (nSPS) is 29.3. The molecule has 2 fully saturated rings. The van der Waals surface area contributed by atoms with Gasteiger partial charge in [-0.15, -0.1) is 0 Å². The second-order valence-corrected chi connectivity index (χ2v) is 7.42. The number of piperidine rings is 1. The van der Waals surface area contributed by atoms with Gasteiger partial charge in [0.05, 0.1) is 12.6 Å². The van der Waals surface area contributed by atoms with E-state index in [4.69, 9.17) is 4.52 Å². The molecule has 3 rings (SSSR count). The lowest BCUT2D eigenvalue weighted by molar-refractivity contribution is -0.135. The van der Waals surface area contributed by atoms with Gasteiger partial charge in [-0.1, -0.05) is 12.1 Å². The molecule has 0 aromatic carbocycles. The van der Waals surface area contributed by atoms with Gasteiger partial charge in [-0.3, -0.25) is 9.69 Å². The third-order valence-electron chi connectivity index (χ3n) is 4.96. The zero-order chi connectivity index (χ0) is 15.9. The van der Waals surface area contributed by atoms with Gasteiger partial charge < -0.3 is 9.42 Å². The zero-order valence-corrected chi connectivity index (χ0v) is 14.0. The first-order valence-corrected chi connectivity index (χ1v) is 8.21. The topological polar surface area (TPSA) is 62.5 Å². The maximum atomic E-state index is 12.4. The fraction of sp³-hybridized carbons (Fsp3) is 0.812. The predicted octanol–water partition coefficient (Wildman–Crippen LogP) is 2.16. The minimum absolute atomic E-state index is 0.0511. The molecule has 1 aromatic heterocycles. The maximum absolute atomic E-state index is 12.4. The second kappa shape index (κ2) is 5.65. The molecule has 6 heteroatoms. The summed E-state index contributed by atoms with van der Waals surface area (Å²) < 4.78 is 5.33. The Labute approximate surface area is 131 Å². The molecule has 2 aliphatic heterocycles. The van der Waals surface area contributed by atoms with Crippen molar-refractivity contribution in [3.05, 3.63) is 11.7 Å². The van der Waals surface area contributed by atoms with Crippen molar-refractivity contribution in [2.75, 3.05) is 19.8 Å². The standard InChI is InChI=1S/C16H26N4O2/c1-11-8-16(3,4)20(15(11)21)10-19-7-5-6-13(9-19)14-17-12(2)18-22-14/h11,13H,5-10H2,1-4H3/t11-,13-/m0/s1. The Kier molecular flexibility index (Phi) is 3.97. The number of hydrogen-bond donors (Lipinski definition) is 0. The number of nitrogens with zero attached hydrogens (tertiary/aromatic N) is 4. The van der Waals surface area contributed by atoms with Crippen LogP contribution in [0.25, 0.3) is 0 Å². The Hall–Kier alpha value is -1.43. The average Bonchev–Trinajstić information content (AvgIpc) is 2.97. The highest BCUT2D eigenvalue weighted by molar-refractivity contribution is 5.81. The molecular weight excluding hydrogens is 280 g/mol. The van der Waals surface area contributed by atoms with Gasteiger partial charge in [0.1, 0.15) is 0 Å². The van der Waals surface area contributed by atoms with Crippen LogP contribution in [0.3, 0.4) is 0 Å². The molecule has 0 radical (unpaired) electrons. The highest BCUT2D eigenvalue weighted by Crippen LogP contribution is 2.34. The molecule has 0 bridgehead atoms. The van der Waals surface area contributed by atoms with Gasteiger partial charge in [0.15, 0.2) is 5.82 Å². The van der Waals surface area contributed by atoms with E-state index in [1.807, 2.05) is 18.7 Å². The molecule has 0 spiro atoms. The zero-order valence-electron chi connectivity index (χ0n) is 14.0. The van der Waals surface area contributed by atoms with E-state index in [1.165, 1.54) is 0 Å². The molecule has 2 atom stereocenters. The van der Waals surface area contributed by atoms with E-state index < -0.39 is 0 Å². The van der Waals surface area contributed by atoms with Crippen molar-refractivity contribution in [2.45, 2.75) is 58.4 Å². The molecule has 122 valence electrons. The first kappa shape index (κ1) is 15.5. The number of carbonyl (C=O) groups is 1. The van der Waals surface area contributed by atoms with Crippen molar-refractivity contribution < 1.29 is 9.32 Å². The summed E-state index contributed by atoms with van der Waals surface area (Å²) in [7, 11) is 0. The lowest BCUT2D eigenvalue weighted by atomic mass is 9.97. The molecule has 6 nitrogen and oxygen atoms in total. The van der Waals surface area contributed by atoms with Crippen LogP contribution in [0.4, 0.5) is 0 Å². The largest absolute Gasteiger partial charge is 0.339 e. The molecule has 1 aromatic rings. The predicted molar refractivity (Wildman–Crippen MR) is 82.2 cm³/mol. The number of aryl methyl sites for hydroxylation is 1. The van der Waals surface area contributed by atoms with E-state index in [1.54, 1.807) is 0 Å². The number of carbonyl (C=O) groups excluding carboxylic acids is 1. The van der Waals surface area contributed by atoms with Gasteiger partial charge >= 0.3 is 0 Å². The van der Waals surface area contributed by atoms with Crippen LogP contribution in [0.15, 0.2) is 4.52 Å². The summed E-state index contributed by atoms with van der Waals surface area (Å²) in [6.07, 6.45) is 3.11. The first-order valence-electron chi connectivity index (χ1n) is 8.21. The minimum Gasteiger partial charge on any atom is -0.339 e. The monoisotopic (exact) mass is 306 g/mol. The lowest BCUT2D eigenvalue weighted by Gasteiger charge is -2.39. The molecule has 0 saturated carbocycles. The van der Waals surface area contributed by atoms with Crippen LogP contribution in [-0.4, -0.2) is 51.1 Å². The summed E-state index contributed by atoms with van der Waals surface area (Å²) >= 11 is 0. The molecule has 3 heterocycles. The van der Waals surface area contributed by atoms with Crippen LogP contribution in [0.2, 0.25) is 0 Å². The smallest absolute Gasteiger partial charge is 0.231 e. The van der Waals surface area contributed by atoms with Gasteiger partial charge in [0.2, 0.25) is 11.8 Å². The quantitative estimate of drug-likeness (QED) is 0.856. The summed E-state index contributed by atoms with van der Waals surface area (Å²) in [4.78, 5) is 21.2. The van der Waals surface area contributed by atoms with Crippen molar-refractivity contribution in [3.63, 3.8) is 0 Å². The van der Waals surface area contributed by atoms with E-state index in [2.05, 4.69) is 28.9 Å². The Morgan fingerprint density at radius 2 is 2.18 bits per heavy atom. The Balaban J connectivity index is 1.67. The number of likely N-dealkylation sites (tertiary alicyclic amines) is 2. The Bertz CT molecular complexity index is 554. The third-order valence-corrected chi connectivity index (χ3v) is 4.96. The van der Waals surface area contributed by atoms with Crippen LogP contribution < -0.4 is 0 Å². The van der Waals surface area contributed by atoms with Crippen molar-refractivity contribution >= 4 is 5.91 Å². The third kappa shape index (κ3) is 2.89. The Morgan fingerprint density at radius 1 is 1.41 bits per heavy atom. The van der Waals surface area contributed by atoms with E-state index in [-0.39, 0.29) is 23.3 Å². The van der Waals surface area contributed by atoms with Gasteiger partial charge in [-0.2, -0.15) is 4.98 Å². The summed E-state index contributed by atoms with van der Waals surface area (Å²) in [6, 6.07) is 0. The minimum atomic E-state index is -0.0511. The van der Waals surface area contributed by atoms with Gasteiger partial charge in [0.25, 0.3) is 0 Å². The summed E-state index contributed by atoms with van der Waals surface area (Å²) in [5.41, 5.74) is -0.0511. The number of amides is 1. The van der Waals surface area contributed by atoms with Gasteiger partial charge in [-0.25, -0.2) is 0 Å². The number of rotatable bonds is 3. The van der Waals surface area contributed by atoms with Crippen LogP contribution in [0.1, 0.15) is 57.7 Å². The molecule has 0 aliphatic carbocycles. The Morgan fingerprint density at radius 3 is 2.77 bits per heavy atom. The van der Waals surface area contributed by atoms with Crippen molar-refractivity contribution in [1.82, 2.24) is 19.9 Å². The van der Waals surface area contributed by atoms with Gasteiger partial charge in [-0.05, 0) is 46.6 Å². The van der Waals surface area contributed by atoms with Crippen molar-refractivity contribution in [2.24, 2.45) is 5.92 Å². The van der Waals surface area contributed by atoms with Crippen molar-refractivity contribution in [1.29, 1.82) is 0 Å². The fourth-order valence-electron chi connectivity index (χ4n) is 3.84. The SMILES string of the molecule is Cc1noc([C@H]2CCCN(CN3C(=O)[C@@H](C)CC3(C)C)C2)n1. The maximum Gasteiger partial charge on any atom is 0.231 e. The van der Waals surface area contributed by atoms with E-state index in [0.29, 0.717) is 12.5 Å². The van der Waals surface area contributed by atoms with E-state index in [9.17, 15) is 4.79 Å². The van der Waals surface area contributed by atoms with E-state index in [0.717, 1.165) is 38.2 Å². The lowest BCUT2D eigenvalue weighted by Crippen LogP contribution is -2.50. The molecule has 2 saturated heterocycles. The first-order chi connectivity index (χ1) is 10.4. The number of aromatic nitrogens is 2. The fourth-order valence-corrected chi connectivity index (χ4v) is 3.84. The van der Waals surface area contributed by atoms with Crippen LogP contribution in [0.5, 0.6) is 0 Å². The van der Waals surface area contributed by atoms with Crippen molar-refractivity contribution in [3.8, 4) is 0 Å². The van der Waals surface area contributed by atoms with E-state index >= 15 is 0 Å². The summed E-state index contributed by atoms with van der Waals surface area (Å²) in [6.45, 7) is 10.8. The molecule has 1 amide bonds. The molecule has 22 heavy (non-hydrogen) atoms. The molecular formula is C16H26N4O2. The summed E-state index contributed by atoms with van der Waals surface area (Å²) in [5.74, 6) is 2.13. The van der Waals surface area contributed by atoms with Crippen LogP contribution in [0, 0.1) is 12.8 Å². The highest BCUT2D eigenvalue weighted by Gasteiger charge is 2.43. The molecule has 0 unspecified atom stereocenters. The second-order valence-electron chi connectivity index (χ2n) is 7.42. The van der Waals surface area contributed by atoms with Crippen LogP contribution >= 0.6 is 0 Å². The van der Waals surface area contributed by atoms with Gasteiger partial charge in [0, 0.05) is 18.0 Å². The summed E-state index contributed by atoms with van der Waals surface area (Å²) in [5, 5.41) is 3.90. The average molecular weight is 306 g/mol. The highest BCUT2D eigenvalue weighted by atomic mass is 16.5. The molecule has 0 N–H and O–H groups in total. The number of hydrogen-bond acceptors (Lipinski definition) is 5. The van der Waals surface area contributed by atoms with Crippen LogP contribution in [-0.2, 0) is 4.79 Å². The molecule has 2 aliphatic rings.